The van der Waals surface area contributed by atoms with E-state index in [4.69, 9.17) is 4.74 Å². The summed E-state index contributed by atoms with van der Waals surface area (Å²) in [6.07, 6.45) is 2.48. The van der Waals surface area contributed by atoms with Crippen molar-refractivity contribution in [3.63, 3.8) is 0 Å². The molecule has 2 aromatic rings. The van der Waals surface area contributed by atoms with Crippen molar-refractivity contribution in [1.82, 2.24) is 10.3 Å². The molecule has 1 amide bonds. The van der Waals surface area contributed by atoms with Crippen LogP contribution in [-0.4, -0.2) is 42.0 Å². The van der Waals surface area contributed by atoms with Crippen LogP contribution in [-0.2, 0) is 9.53 Å². The van der Waals surface area contributed by atoms with Crippen molar-refractivity contribution in [3.8, 4) is 10.6 Å². The molecule has 1 heterocycles. The van der Waals surface area contributed by atoms with E-state index in [0.29, 0.717) is 17.0 Å². The fourth-order valence-electron chi connectivity index (χ4n) is 2.16. The van der Waals surface area contributed by atoms with Gasteiger partial charge >= 0.3 is 5.97 Å². The summed E-state index contributed by atoms with van der Waals surface area (Å²) in [6, 6.07) is 9.07. The van der Waals surface area contributed by atoms with Gasteiger partial charge in [0.15, 0.2) is 0 Å². The lowest BCUT2D eigenvalue weighted by Crippen LogP contribution is -2.41. The van der Waals surface area contributed by atoms with Crippen LogP contribution < -0.4 is 5.32 Å². The Labute approximate surface area is 149 Å². The van der Waals surface area contributed by atoms with Gasteiger partial charge < -0.3 is 10.1 Å². The highest BCUT2D eigenvalue weighted by Gasteiger charge is 2.24. The number of thiazole rings is 1. The van der Waals surface area contributed by atoms with Crippen LogP contribution in [0.15, 0.2) is 30.3 Å². The molecule has 0 aliphatic carbocycles. The molecule has 0 bridgehead atoms. The zero-order chi connectivity index (χ0) is 17.5. The maximum absolute atomic E-state index is 12.5. The summed E-state index contributed by atoms with van der Waals surface area (Å²) in [5, 5.41) is 3.56. The Morgan fingerprint density at radius 1 is 1.33 bits per heavy atom. The quantitative estimate of drug-likeness (QED) is 0.765. The first-order chi connectivity index (χ1) is 11.6. The fraction of sp³-hybridized carbons (Fsp3) is 0.353. The number of nitrogens with one attached hydrogen (secondary N) is 1. The predicted molar refractivity (Wildman–Crippen MR) is 98.6 cm³/mol. The number of methoxy groups -OCH3 is 1. The number of hydrogen-bond acceptors (Lipinski definition) is 6. The topological polar surface area (TPSA) is 68.3 Å². The van der Waals surface area contributed by atoms with Crippen molar-refractivity contribution < 1.29 is 14.3 Å². The van der Waals surface area contributed by atoms with E-state index in [1.165, 1.54) is 18.4 Å². The lowest BCUT2D eigenvalue weighted by atomic mass is 10.2. The van der Waals surface area contributed by atoms with Crippen molar-refractivity contribution in [2.75, 3.05) is 19.1 Å². The summed E-state index contributed by atoms with van der Waals surface area (Å²) >= 11 is 2.94. The number of carbonyl (C=O) groups excluding carboxylic acids is 2. The average Bonchev–Trinajstić information content (AvgIpc) is 3.00. The molecule has 5 nitrogen and oxygen atoms in total. The molecule has 0 aliphatic heterocycles. The molecule has 0 radical (unpaired) electrons. The van der Waals surface area contributed by atoms with Crippen LogP contribution in [0.5, 0.6) is 0 Å². The third-order valence-electron chi connectivity index (χ3n) is 3.43. The molecule has 0 saturated carbocycles. The molecule has 1 aromatic heterocycles. The van der Waals surface area contributed by atoms with Crippen LogP contribution >= 0.6 is 23.1 Å². The van der Waals surface area contributed by atoms with E-state index < -0.39 is 12.0 Å². The van der Waals surface area contributed by atoms with Crippen LogP contribution in [0.25, 0.3) is 10.6 Å². The first-order valence-electron chi connectivity index (χ1n) is 7.47. The van der Waals surface area contributed by atoms with Gasteiger partial charge in [-0.15, -0.1) is 11.3 Å². The number of aromatic nitrogens is 1. The van der Waals surface area contributed by atoms with Crippen molar-refractivity contribution in [3.05, 3.63) is 40.9 Å². The molecule has 128 valence electrons. The fourth-order valence-corrected chi connectivity index (χ4v) is 3.61. The van der Waals surface area contributed by atoms with Crippen molar-refractivity contribution in [1.29, 1.82) is 0 Å². The lowest BCUT2D eigenvalue weighted by molar-refractivity contribution is -0.142. The van der Waals surface area contributed by atoms with Gasteiger partial charge in [-0.3, -0.25) is 4.79 Å². The van der Waals surface area contributed by atoms with Gasteiger partial charge in [0.05, 0.1) is 12.8 Å². The highest BCUT2D eigenvalue weighted by Crippen LogP contribution is 2.27. The summed E-state index contributed by atoms with van der Waals surface area (Å²) in [5.74, 6) is 0.0447. The van der Waals surface area contributed by atoms with Gasteiger partial charge in [-0.2, -0.15) is 11.8 Å². The van der Waals surface area contributed by atoms with Crippen LogP contribution in [0.2, 0.25) is 0 Å². The Morgan fingerprint density at radius 2 is 2.04 bits per heavy atom. The summed E-state index contributed by atoms with van der Waals surface area (Å²) < 4.78 is 4.78. The Balaban J connectivity index is 2.17. The van der Waals surface area contributed by atoms with Crippen LogP contribution in [0.4, 0.5) is 0 Å². The van der Waals surface area contributed by atoms with E-state index in [0.717, 1.165) is 16.3 Å². The van der Waals surface area contributed by atoms with Crippen molar-refractivity contribution in [2.24, 2.45) is 0 Å². The van der Waals surface area contributed by atoms with Gasteiger partial charge in [-0.05, 0) is 25.4 Å². The minimum Gasteiger partial charge on any atom is -0.467 e. The Bertz CT molecular complexity index is 701. The second kappa shape index (κ2) is 8.84. The Morgan fingerprint density at radius 3 is 2.67 bits per heavy atom. The van der Waals surface area contributed by atoms with E-state index in [9.17, 15) is 9.59 Å². The molecule has 24 heavy (non-hydrogen) atoms. The molecular weight excluding hydrogens is 344 g/mol. The first kappa shape index (κ1) is 18.5. The number of hydrogen-bond donors (Lipinski definition) is 1. The van der Waals surface area contributed by atoms with E-state index >= 15 is 0 Å². The number of rotatable bonds is 7. The van der Waals surface area contributed by atoms with Gasteiger partial charge in [0.2, 0.25) is 0 Å². The molecule has 0 saturated heterocycles. The molecular formula is C17H20N2O3S2. The monoisotopic (exact) mass is 364 g/mol. The molecule has 0 spiro atoms. The SMILES string of the molecule is COC(=O)[C@@H](CCSC)NC(=O)c1sc(-c2ccccc2)nc1C. The number of thioether (sulfide) groups is 1. The largest absolute Gasteiger partial charge is 0.467 e. The Hall–Kier alpha value is -1.86. The molecule has 0 aliphatic rings. The molecule has 7 heteroatoms. The maximum atomic E-state index is 12.5. The highest BCUT2D eigenvalue weighted by atomic mass is 32.2. The van der Waals surface area contributed by atoms with E-state index in [2.05, 4.69) is 10.3 Å². The maximum Gasteiger partial charge on any atom is 0.328 e. The smallest absolute Gasteiger partial charge is 0.328 e. The zero-order valence-corrected chi connectivity index (χ0v) is 15.5. The normalized spacial score (nSPS) is 11.8. The van der Waals surface area contributed by atoms with E-state index in [1.54, 1.807) is 18.7 Å². The highest BCUT2D eigenvalue weighted by molar-refractivity contribution is 7.98. The number of amides is 1. The summed E-state index contributed by atoms with van der Waals surface area (Å²) in [6.45, 7) is 1.80. The number of esters is 1. The number of ether oxygens (including phenoxy) is 1. The van der Waals surface area contributed by atoms with Crippen LogP contribution in [0.3, 0.4) is 0 Å². The zero-order valence-electron chi connectivity index (χ0n) is 13.9. The Kier molecular flexibility index (Phi) is 6.81. The van der Waals surface area contributed by atoms with E-state index in [-0.39, 0.29) is 5.91 Å². The summed E-state index contributed by atoms with van der Waals surface area (Å²) in [4.78, 5) is 29.4. The number of carbonyl (C=O) groups is 2. The van der Waals surface area contributed by atoms with Crippen LogP contribution in [0, 0.1) is 6.92 Å². The van der Waals surface area contributed by atoms with Gasteiger partial charge in [-0.25, -0.2) is 9.78 Å². The number of aryl methyl sites for hydroxylation is 1. The first-order valence-corrected chi connectivity index (χ1v) is 9.68. The second-order valence-corrected chi connectivity index (χ2v) is 7.11. The van der Waals surface area contributed by atoms with Gasteiger partial charge in [0.1, 0.15) is 15.9 Å². The lowest BCUT2D eigenvalue weighted by Gasteiger charge is -2.15. The van der Waals surface area contributed by atoms with Gasteiger partial charge in [-0.1, -0.05) is 30.3 Å². The minimum atomic E-state index is -0.642. The molecule has 0 fully saturated rings. The number of nitrogens with zero attached hydrogens (tertiary/aromatic N) is 1. The molecule has 0 unspecified atom stereocenters. The third-order valence-corrected chi connectivity index (χ3v) is 5.27. The summed E-state index contributed by atoms with van der Waals surface area (Å²) in [7, 11) is 1.33. The van der Waals surface area contributed by atoms with Crippen molar-refractivity contribution in [2.45, 2.75) is 19.4 Å². The van der Waals surface area contributed by atoms with Gasteiger partial charge in [0.25, 0.3) is 5.91 Å². The van der Waals surface area contributed by atoms with Gasteiger partial charge in [0, 0.05) is 5.56 Å². The molecule has 1 aromatic carbocycles. The third kappa shape index (κ3) is 4.58. The number of benzene rings is 1. The molecule has 2 rings (SSSR count). The molecule has 1 N–H and O–H groups in total. The van der Waals surface area contributed by atoms with Crippen molar-refractivity contribution >= 4 is 35.0 Å². The summed E-state index contributed by atoms with van der Waals surface area (Å²) in [5.41, 5.74) is 1.63. The van der Waals surface area contributed by atoms with Crippen LogP contribution in [0.1, 0.15) is 21.8 Å². The second-order valence-electron chi connectivity index (χ2n) is 5.13. The predicted octanol–water partition coefficient (Wildman–Crippen LogP) is 3.14. The molecule has 1 atom stereocenters. The average molecular weight is 364 g/mol. The minimum absolute atomic E-state index is 0.288. The van der Waals surface area contributed by atoms with E-state index in [1.807, 2.05) is 36.6 Å². The standard InChI is InChI=1S/C17H20N2O3S2/c1-11-14(24-16(18-11)12-7-5-4-6-8-12)15(20)19-13(9-10-23-3)17(21)22-2/h4-8,13H,9-10H2,1-3H3,(H,19,20)/t13-/m1/s1.